The number of fused-ring (bicyclic) bond motifs is 3. The Morgan fingerprint density at radius 3 is 2.69 bits per heavy atom. The van der Waals surface area contributed by atoms with Crippen LogP contribution in [-0.4, -0.2) is 32.4 Å². The molecule has 0 radical (unpaired) electrons. The number of esters is 1. The van der Waals surface area contributed by atoms with Crippen molar-refractivity contribution in [2.45, 2.75) is 31.2 Å². The van der Waals surface area contributed by atoms with Gasteiger partial charge in [-0.05, 0) is 38.5 Å². The van der Waals surface area contributed by atoms with Crippen LogP contribution in [0.4, 0.5) is 0 Å². The zero-order chi connectivity index (χ0) is 20.5. The average Bonchev–Trinajstić information content (AvgIpc) is 3.08. The topological polar surface area (TPSA) is 77.0 Å². The van der Waals surface area contributed by atoms with Crippen LogP contribution in [0.5, 0.6) is 0 Å². The summed E-state index contributed by atoms with van der Waals surface area (Å²) in [5.41, 5.74) is 3.39. The highest BCUT2D eigenvalue weighted by atomic mass is 32.2. The predicted molar refractivity (Wildman–Crippen MR) is 116 cm³/mol. The van der Waals surface area contributed by atoms with Gasteiger partial charge < -0.3 is 9.72 Å². The van der Waals surface area contributed by atoms with Crippen molar-refractivity contribution in [1.82, 2.24) is 14.5 Å². The van der Waals surface area contributed by atoms with Crippen LogP contribution in [0.2, 0.25) is 0 Å². The molecule has 2 aromatic heterocycles. The monoisotopic (exact) mass is 407 g/mol. The largest absolute Gasteiger partial charge is 0.465 e. The van der Waals surface area contributed by atoms with E-state index in [1.807, 2.05) is 55.5 Å². The number of aromatic nitrogens is 3. The number of benzene rings is 2. The Balaban J connectivity index is 1.99. The van der Waals surface area contributed by atoms with Crippen molar-refractivity contribution in [1.29, 1.82) is 0 Å². The second-order valence-electron chi connectivity index (χ2n) is 6.73. The molecule has 4 rings (SSSR count). The fourth-order valence-corrected chi connectivity index (χ4v) is 4.23. The van der Waals surface area contributed by atoms with Gasteiger partial charge in [-0.1, -0.05) is 48.2 Å². The molecule has 0 amide bonds. The number of hydrogen-bond donors (Lipinski definition) is 1. The van der Waals surface area contributed by atoms with Crippen molar-refractivity contribution in [3.8, 4) is 5.69 Å². The third-order valence-electron chi connectivity index (χ3n) is 4.75. The van der Waals surface area contributed by atoms with E-state index in [4.69, 9.17) is 9.72 Å². The maximum absolute atomic E-state index is 13.5. The average molecular weight is 407 g/mol. The molecule has 0 saturated heterocycles. The van der Waals surface area contributed by atoms with Crippen LogP contribution < -0.4 is 5.56 Å². The summed E-state index contributed by atoms with van der Waals surface area (Å²) in [7, 11) is 0. The van der Waals surface area contributed by atoms with Crippen molar-refractivity contribution in [3.63, 3.8) is 0 Å². The number of carbonyl (C=O) groups excluding carboxylic acids is 1. The van der Waals surface area contributed by atoms with Crippen LogP contribution in [0.25, 0.3) is 27.6 Å². The summed E-state index contributed by atoms with van der Waals surface area (Å²) in [4.78, 5) is 33.7. The molecule has 2 aromatic carbocycles. The van der Waals surface area contributed by atoms with Gasteiger partial charge in [0, 0.05) is 10.9 Å². The number of ether oxygens (including phenoxy) is 1. The highest BCUT2D eigenvalue weighted by Crippen LogP contribution is 2.29. The van der Waals surface area contributed by atoms with Crippen molar-refractivity contribution in [2.75, 3.05) is 6.61 Å². The first-order valence-electron chi connectivity index (χ1n) is 9.44. The van der Waals surface area contributed by atoms with Gasteiger partial charge in [-0.15, -0.1) is 0 Å². The molecule has 6 nitrogen and oxygen atoms in total. The van der Waals surface area contributed by atoms with Gasteiger partial charge in [0.1, 0.15) is 16.3 Å². The number of hydrogen-bond acceptors (Lipinski definition) is 5. The number of para-hydroxylation sites is 2. The Morgan fingerprint density at radius 2 is 1.93 bits per heavy atom. The van der Waals surface area contributed by atoms with Crippen molar-refractivity contribution in [2.24, 2.45) is 0 Å². The van der Waals surface area contributed by atoms with Crippen molar-refractivity contribution < 1.29 is 9.53 Å². The maximum atomic E-state index is 13.5. The Hall–Kier alpha value is -3.06. The fraction of sp³-hybridized carbons (Fsp3) is 0.227. The summed E-state index contributed by atoms with van der Waals surface area (Å²) in [5.74, 6) is -0.331. The first-order chi connectivity index (χ1) is 14.0. The number of nitrogens with one attached hydrogen (secondary N) is 1. The minimum Gasteiger partial charge on any atom is -0.465 e. The van der Waals surface area contributed by atoms with Crippen LogP contribution in [0.3, 0.4) is 0 Å². The molecule has 148 valence electrons. The molecule has 0 fully saturated rings. The van der Waals surface area contributed by atoms with Gasteiger partial charge in [0.2, 0.25) is 0 Å². The number of aryl methyl sites for hydroxylation is 1. The van der Waals surface area contributed by atoms with Gasteiger partial charge in [0.25, 0.3) is 5.56 Å². The number of aromatic amines is 1. The summed E-state index contributed by atoms with van der Waals surface area (Å²) >= 11 is 1.23. The Labute approximate surface area is 171 Å². The van der Waals surface area contributed by atoms with Crippen LogP contribution in [0, 0.1) is 6.92 Å². The molecule has 0 saturated carbocycles. The number of thioether (sulfide) groups is 1. The van der Waals surface area contributed by atoms with Crippen molar-refractivity contribution in [3.05, 3.63) is 64.4 Å². The fourth-order valence-electron chi connectivity index (χ4n) is 3.31. The summed E-state index contributed by atoms with van der Waals surface area (Å²) in [6.45, 7) is 5.79. The molecule has 0 unspecified atom stereocenters. The molecule has 1 N–H and O–H groups in total. The number of carbonyl (C=O) groups is 1. The minimum atomic E-state index is -0.500. The van der Waals surface area contributed by atoms with Gasteiger partial charge in [-0.3, -0.25) is 14.2 Å². The Bertz CT molecular complexity index is 1280. The number of rotatable bonds is 5. The van der Waals surface area contributed by atoms with Crippen LogP contribution in [0.1, 0.15) is 19.4 Å². The van der Waals surface area contributed by atoms with Crippen LogP contribution >= 0.6 is 11.8 Å². The van der Waals surface area contributed by atoms with Gasteiger partial charge in [-0.25, -0.2) is 4.98 Å². The third-order valence-corrected chi connectivity index (χ3v) is 5.78. The Kier molecular flexibility index (Phi) is 5.15. The normalized spacial score (nSPS) is 12.4. The second-order valence-corrected chi connectivity index (χ2v) is 8.04. The number of H-pyrrole nitrogens is 1. The predicted octanol–water partition coefficient (Wildman–Crippen LogP) is 4.22. The van der Waals surface area contributed by atoms with Crippen molar-refractivity contribution >= 4 is 39.7 Å². The first kappa shape index (κ1) is 19.3. The lowest BCUT2D eigenvalue weighted by atomic mass is 10.2. The zero-order valence-electron chi connectivity index (χ0n) is 16.4. The highest BCUT2D eigenvalue weighted by molar-refractivity contribution is 8.00. The van der Waals surface area contributed by atoms with Crippen LogP contribution in [0.15, 0.2) is 58.5 Å². The molecule has 0 aliphatic heterocycles. The lowest BCUT2D eigenvalue weighted by Gasteiger charge is -2.16. The molecule has 0 spiro atoms. The van der Waals surface area contributed by atoms with Crippen LogP contribution in [-0.2, 0) is 9.53 Å². The molecule has 0 aliphatic carbocycles. The molecule has 2 heterocycles. The minimum absolute atomic E-state index is 0.195. The van der Waals surface area contributed by atoms with E-state index in [1.165, 1.54) is 11.8 Å². The molecule has 0 aliphatic rings. The molecule has 4 aromatic rings. The highest BCUT2D eigenvalue weighted by Gasteiger charge is 2.23. The molecule has 7 heteroatoms. The van der Waals surface area contributed by atoms with E-state index in [0.717, 1.165) is 22.2 Å². The smallest absolute Gasteiger partial charge is 0.319 e. The lowest BCUT2D eigenvalue weighted by Crippen LogP contribution is -2.25. The van der Waals surface area contributed by atoms with E-state index >= 15 is 0 Å². The van der Waals surface area contributed by atoms with E-state index in [9.17, 15) is 9.59 Å². The first-order valence-corrected chi connectivity index (χ1v) is 10.3. The lowest BCUT2D eigenvalue weighted by molar-refractivity contribution is -0.142. The van der Waals surface area contributed by atoms with E-state index in [1.54, 1.807) is 18.4 Å². The summed E-state index contributed by atoms with van der Waals surface area (Å²) in [6, 6.07) is 15.3. The molecular formula is C22H21N3O3S. The maximum Gasteiger partial charge on any atom is 0.319 e. The van der Waals surface area contributed by atoms with Gasteiger partial charge in [-0.2, -0.15) is 0 Å². The summed E-state index contributed by atoms with van der Waals surface area (Å²) in [6.07, 6.45) is 0. The second kappa shape index (κ2) is 7.75. The summed E-state index contributed by atoms with van der Waals surface area (Å²) in [5, 5.41) is 0.837. The zero-order valence-corrected chi connectivity index (χ0v) is 17.2. The van der Waals surface area contributed by atoms with E-state index in [-0.39, 0.29) is 11.5 Å². The molecular weight excluding hydrogens is 386 g/mol. The van der Waals surface area contributed by atoms with E-state index in [2.05, 4.69) is 4.98 Å². The quantitative estimate of drug-likeness (QED) is 0.304. The Morgan fingerprint density at radius 1 is 1.21 bits per heavy atom. The SMILES string of the molecule is CCOC(=O)[C@@H](C)Sc1nc2c([nH]c3ccccc32)c(=O)n1-c1ccccc1C. The van der Waals surface area contributed by atoms with Gasteiger partial charge >= 0.3 is 5.97 Å². The van der Waals surface area contributed by atoms with E-state index < -0.39 is 5.25 Å². The molecule has 0 bridgehead atoms. The van der Waals surface area contributed by atoms with Gasteiger partial charge in [0.05, 0.1) is 12.3 Å². The molecule has 1 atom stereocenters. The third kappa shape index (κ3) is 3.42. The molecule has 29 heavy (non-hydrogen) atoms. The number of nitrogens with zero attached hydrogens (tertiary/aromatic N) is 2. The van der Waals surface area contributed by atoms with Gasteiger partial charge in [0.15, 0.2) is 5.16 Å². The van der Waals surface area contributed by atoms with E-state index in [0.29, 0.717) is 22.8 Å². The summed E-state index contributed by atoms with van der Waals surface area (Å²) < 4.78 is 6.71. The standard InChI is InChI=1S/C22H21N3O3S/c1-4-28-21(27)14(3)29-22-24-18-15-10-6-7-11-16(15)23-19(18)20(26)25(22)17-12-8-5-9-13(17)2/h5-12,14,23H,4H2,1-3H3/t14-/m1/s1.